The number of ether oxygens (including phenoxy) is 2. The second kappa shape index (κ2) is 9.03. The van der Waals surface area contributed by atoms with Gasteiger partial charge in [-0.25, -0.2) is 0 Å². The summed E-state index contributed by atoms with van der Waals surface area (Å²) < 4.78 is 11.4. The van der Waals surface area contributed by atoms with E-state index in [1.807, 2.05) is 30.0 Å². The Morgan fingerprint density at radius 2 is 1.79 bits per heavy atom. The van der Waals surface area contributed by atoms with Crippen LogP contribution >= 0.6 is 23.2 Å². The molecule has 2 atom stereocenters. The van der Waals surface area contributed by atoms with Gasteiger partial charge in [-0.05, 0) is 56.2 Å². The molecule has 7 heteroatoms. The molecule has 5 nitrogen and oxygen atoms in total. The number of methoxy groups -OCH3 is 1. The van der Waals surface area contributed by atoms with Crippen molar-refractivity contribution in [1.82, 2.24) is 4.90 Å². The summed E-state index contributed by atoms with van der Waals surface area (Å²) in [5.74, 6) is 0.450. The summed E-state index contributed by atoms with van der Waals surface area (Å²) in [5.41, 5.74) is 1.58. The molecule has 2 aromatic carbocycles. The first-order valence-electron chi connectivity index (χ1n) is 9.20. The van der Waals surface area contributed by atoms with Crippen LogP contribution in [0.1, 0.15) is 36.9 Å². The molecule has 28 heavy (non-hydrogen) atoms. The highest BCUT2D eigenvalue weighted by Crippen LogP contribution is 2.43. The Labute approximate surface area is 174 Å². The monoisotopic (exact) mass is 423 g/mol. The van der Waals surface area contributed by atoms with Crippen LogP contribution in [0.4, 0.5) is 0 Å². The Morgan fingerprint density at radius 3 is 2.36 bits per heavy atom. The number of carbonyl (C=O) groups is 1. The lowest BCUT2D eigenvalue weighted by atomic mass is 9.94. The van der Waals surface area contributed by atoms with Crippen molar-refractivity contribution < 1.29 is 19.4 Å². The zero-order valence-corrected chi connectivity index (χ0v) is 17.3. The first kappa shape index (κ1) is 20.8. The fraction of sp³-hybridized carbons (Fsp3) is 0.381. The molecule has 0 aromatic heterocycles. The van der Waals surface area contributed by atoms with Crippen molar-refractivity contribution in [3.05, 3.63) is 57.6 Å². The second-order valence-electron chi connectivity index (χ2n) is 6.64. The van der Waals surface area contributed by atoms with Gasteiger partial charge in [-0.3, -0.25) is 9.69 Å². The smallest absolute Gasteiger partial charge is 0.320 e. The van der Waals surface area contributed by atoms with E-state index in [0.717, 1.165) is 17.5 Å². The van der Waals surface area contributed by atoms with Crippen LogP contribution in [-0.4, -0.2) is 42.3 Å². The van der Waals surface area contributed by atoms with E-state index in [1.165, 1.54) is 0 Å². The van der Waals surface area contributed by atoms with Crippen LogP contribution in [0, 0.1) is 0 Å². The van der Waals surface area contributed by atoms with E-state index in [0.29, 0.717) is 41.1 Å². The number of hydrogen-bond acceptors (Lipinski definition) is 4. The molecule has 0 bridgehead atoms. The summed E-state index contributed by atoms with van der Waals surface area (Å²) in [4.78, 5) is 13.9. The molecule has 1 N–H and O–H groups in total. The van der Waals surface area contributed by atoms with Gasteiger partial charge in [0.15, 0.2) is 0 Å². The Balaban J connectivity index is 2.23. The van der Waals surface area contributed by atoms with E-state index >= 15 is 0 Å². The van der Waals surface area contributed by atoms with E-state index in [4.69, 9.17) is 32.7 Å². The van der Waals surface area contributed by atoms with E-state index in [1.54, 1.807) is 25.3 Å². The number of aliphatic carboxylic acids is 1. The maximum Gasteiger partial charge on any atom is 0.320 e. The highest BCUT2D eigenvalue weighted by atomic mass is 35.5. The van der Waals surface area contributed by atoms with Gasteiger partial charge in [0, 0.05) is 27.7 Å². The SMILES string of the molecule is CCOc1ccc(Cl)cc1C(c1cc(Cl)ccc1OC)N1CCCC1C(=O)O. The van der Waals surface area contributed by atoms with Crippen LogP contribution < -0.4 is 9.47 Å². The zero-order valence-electron chi connectivity index (χ0n) is 15.8. The largest absolute Gasteiger partial charge is 0.496 e. The molecule has 1 saturated heterocycles. The summed E-state index contributed by atoms with van der Waals surface area (Å²) in [7, 11) is 1.59. The zero-order chi connectivity index (χ0) is 20.3. The van der Waals surface area contributed by atoms with Crippen LogP contribution in [0.2, 0.25) is 10.0 Å². The average Bonchev–Trinajstić information content (AvgIpc) is 3.14. The topological polar surface area (TPSA) is 59.0 Å². The van der Waals surface area contributed by atoms with Gasteiger partial charge in [0.25, 0.3) is 0 Å². The van der Waals surface area contributed by atoms with Crippen LogP contribution in [-0.2, 0) is 4.79 Å². The lowest BCUT2D eigenvalue weighted by molar-refractivity contribution is -0.142. The molecule has 0 saturated carbocycles. The molecule has 1 aliphatic heterocycles. The van der Waals surface area contributed by atoms with Gasteiger partial charge in [0.05, 0.1) is 19.8 Å². The number of halogens is 2. The maximum absolute atomic E-state index is 11.9. The molecule has 1 fully saturated rings. The second-order valence-corrected chi connectivity index (χ2v) is 7.51. The molecule has 0 radical (unpaired) electrons. The summed E-state index contributed by atoms with van der Waals surface area (Å²) >= 11 is 12.6. The van der Waals surface area contributed by atoms with Crippen molar-refractivity contribution in [3.8, 4) is 11.5 Å². The number of likely N-dealkylation sites (tertiary alicyclic amines) is 1. The van der Waals surface area contributed by atoms with Crippen LogP contribution in [0.15, 0.2) is 36.4 Å². The third-order valence-electron chi connectivity index (χ3n) is 4.96. The van der Waals surface area contributed by atoms with E-state index in [-0.39, 0.29) is 0 Å². The van der Waals surface area contributed by atoms with Gasteiger partial charge in [0.1, 0.15) is 17.5 Å². The summed E-state index contributed by atoms with van der Waals surface area (Å²) in [6.07, 6.45) is 1.38. The van der Waals surface area contributed by atoms with Crippen molar-refractivity contribution in [3.63, 3.8) is 0 Å². The first-order chi connectivity index (χ1) is 13.5. The van der Waals surface area contributed by atoms with E-state index in [9.17, 15) is 9.90 Å². The van der Waals surface area contributed by atoms with Crippen molar-refractivity contribution in [1.29, 1.82) is 0 Å². The minimum Gasteiger partial charge on any atom is -0.496 e. The van der Waals surface area contributed by atoms with Gasteiger partial charge >= 0.3 is 5.97 Å². The molecule has 2 aromatic rings. The lowest BCUT2D eigenvalue weighted by Crippen LogP contribution is -2.39. The fourth-order valence-electron chi connectivity index (χ4n) is 3.83. The minimum absolute atomic E-state index is 0.419. The third kappa shape index (κ3) is 4.22. The predicted octanol–water partition coefficient (Wildman–Crippen LogP) is 5.04. The molecule has 3 rings (SSSR count). The van der Waals surface area contributed by atoms with Gasteiger partial charge in [-0.1, -0.05) is 23.2 Å². The third-order valence-corrected chi connectivity index (χ3v) is 5.43. The normalized spacial score (nSPS) is 18.1. The first-order valence-corrected chi connectivity index (χ1v) is 9.96. The molecule has 0 amide bonds. The number of nitrogens with zero attached hydrogens (tertiary/aromatic N) is 1. The molecular weight excluding hydrogens is 401 g/mol. The van der Waals surface area contributed by atoms with Crippen LogP contribution in [0.5, 0.6) is 11.5 Å². The van der Waals surface area contributed by atoms with E-state index < -0.39 is 18.1 Å². The van der Waals surface area contributed by atoms with Gasteiger partial charge in [-0.2, -0.15) is 0 Å². The molecular formula is C21H23Cl2NO4. The number of carboxylic acid groups (broad SMARTS) is 1. The van der Waals surface area contributed by atoms with Crippen molar-refractivity contribution in [2.45, 2.75) is 31.8 Å². The summed E-state index contributed by atoms with van der Waals surface area (Å²) in [5, 5.41) is 10.9. The number of hydrogen-bond donors (Lipinski definition) is 1. The highest BCUT2D eigenvalue weighted by molar-refractivity contribution is 6.31. The van der Waals surface area contributed by atoms with Crippen molar-refractivity contribution in [2.75, 3.05) is 20.3 Å². The van der Waals surface area contributed by atoms with Crippen LogP contribution in [0.3, 0.4) is 0 Å². The van der Waals surface area contributed by atoms with Gasteiger partial charge < -0.3 is 14.6 Å². The van der Waals surface area contributed by atoms with E-state index in [2.05, 4.69) is 0 Å². The molecule has 1 heterocycles. The highest BCUT2D eigenvalue weighted by Gasteiger charge is 2.39. The summed E-state index contributed by atoms with van der Waals surface area (Å²) in [6, 6.07) is 9.74. The molecule has 150 valence electrons. The van der Waals surface area contributed by atoms with Gasteiger partial charge in [-0.15, -0.1) is 0 Å². The molecule has 0 aliphatic carbocycles. The predicted molar refractivity (Wildman–Crippen MR) is 110 cm³/mol. The number of carboxylic acids is 1. The number of rotatable bonds is 7. The van der Waals surface area contributed by atoms with Crippen molar-refractivity contribution >= 4 is 29.2 Å². The van der Waals surface area contributed by atoms with Gasteiger partial charge in [0.2, 0.25) is 0 Å². The average molecular weight is 424 g/mol. The maximum atomic E-state index is 11.9. The Bertz CT molecular complexity index is 858. The quantitative estimate of drug-likeness (QED) is 0.675. The molecule has 0 spiro atoms. The van der Waals surface area contributed by atoms with Crippen LogP contribution in [0.25, 0.3) is 0 Å². The van der Waals surface area contributed by atoms with Crippen molar-refractivity contribution in [2.24, 2.45) is 0 Å². The molecule has 2 unspecified atom stereocenters. The Morgan fingerprint density at radius 1 is 1.18 bits per heavy atom. The Hall–Kier alpha value is -1.95. The lowest BCUT2D eigenvalue weighted by Gasteiger charge is -2.33. The standard InChI is InChI=1S/C21H23Cl2NO4/c1-3-28-19-9-7-14(23)12-16(19)20(24-10-4-5-17(24)21(25)26)15-11-13(22)6-8-18(15)27-2/h6-9,11-12,17,20H,3-5,10H2,1-2H3,(H,25,26). The Kier molecular flexibility index (Phi) is 6.70. The number of benzene rings is 2. The minimum atomic E-state index is -0.844. The fourth-order valence-corrected chi connectivity index (χ4v) is 4.19. The molecule has 1 aliphatic rings. The summed E-state index contributed by atoms with van der Waals surface area (Å²) in [6.45, 7) is 3.02.